The highest BCUT2D eigenvalue weighted by molar-refractivity contribution is 5.75. The van der Waals surface area contributed by atoms with E-state index in [4.69, 9.17) is 5.11 Å². The van der Waals surface area contributed by atoms with Crippen molar-refractivity contribution >= 4 is 5.97 Å². The molecule has 1 rings (SSSR count). The molecule has 0 spiro atoms. The summed E-state index contributed by atoms with van der Waals surface area (Å²) in [7, 11) is 0. The smallest absolute Gasteiger partial charge is 0.374 e. The number of likely N-dealkylation sites (tertiary alicyclic amines) is 1. The van der Waals surface area contributed by atoms with Gasteiger partial charge in [-0.05, 0) is 32.5 Å². The third-order valence-electron chi connectivity index (χ3n) is 2.83. The monoisotopic (exact) mass is 207 g/mol. The number of carboxylic acids is 1. The van der Waals surface area contributed by atoms with Crippen LogP contribution < -0.4 is 0 Å². The lowest BCUT2D eigenvalue weighted by Crippen LogP contribution is -2.44. The normalized spacial score (nSPS) is 21.1. The Balaban J connectivity index is 2.53. The first-order valence-electron chi connectivity index (χ1n) is 4.82. The molecule has 1 N–H and O–H groups in total. The van der Waals surface area contributed by atoms with E-state index in [9.17, 15) is 13.6 Å². The van der Waals surface area contributed by atoms with Gasteiger partial charge in [-0.3, -0.25) is 0 Å². The highest BCUT2D eigenvalue weighted by Gasteiger charge is 2.47. The van der Waals surface area contributed by atoms with Crippen LogP contribution in [0.4, 0.5) is 8.78 Å². The van der Waals surface area contributed by atoms with Crippen molar-refractivity contribution in [1.29, 1.82) is 0 Å². The van der Waals surface area contributed by atoms with Crippen LogP contribution in [0.3, 0.4) is 0 Å². The Morgan fingerprint density at radius 2 is 2.00 bits per heavy atom. The Morgan fingerprint density at radius 1 is 1.50 bits per heavy atom. The van der Waals surface area contributed by atoms with Gasteiger partial charge in [0.25, 0.3) is 0 Å². The molecule has 0 aliphatic carbocycles. The van der Waals surface area contributed by atoms with Crippen LogP contribution in [0.2, 0.25) is 0 Å². The highest BCUT2D eigenvalue weighted by Crippen LogP contribution is 2.33. The molecule has 1 aliphatic rings. The minimum Gasteiger partial charge on any atom is -0.477 e. The van der Waals surface area contributed by atoms with Crippen molar-refractivity contribution in [2.75, 3.05) is 19.6 Å². The van der Waals surface area contributed by atoms with E-state index in [2.05, 4.69) is 4.90 Å². The number of halogens is 2. The molecule has 1 fully saturated rings. The molecule has 0 radical (unpaired) electrons. The molecule has 14 heavy (non-hydrogen) atoms. The Hall–Kier alpha value is -0.710. The first-order chi connectivity index (χ1) is 6.48. The van der Waals surface area contributed by atoms with E-state index in [1.807, 2.05) is 6.92 Å². The van der Waals surface area contributed by atoms with Gasteiger partial charge in [0.15, 0.2) is 0 Å². The Morgan fingerprint density at radius 3 is 2.36 bits per heavy atom. The predicted octanol–water partition coefficient (Wildman–Crippen LogP) is 1.44. The van der Waals surface area contributed by atoms with Gasteiger partial charge in [0.2, 0.25) is 0 Å². The number of nitrogens with zero attached hydrogens (tertiary/aromatic N) is 1. The number of hydrogen-bond donors (Lipinski definition) is 1. The van der Waals surface area contributed by atoms with Crippen LogP contribution in [-0.4, -0.2) is 41.5 Å². The van der Waals surface area contributed by atoms with E-state index in [0.29, 0.717) is 13.1 Å². The van der Waals surface area contributed by atoms with Crippen LogP contribution in [-0.2, 0) is 4.79 Å². The largest absolute Gasteiger partial charge is 0.477 e. The van der Waals surface area contributed by atoms with E-state index >= 15 is 0 Å². The SMILES string of the molecule is CCN1CCC(C(F)(F)C(=O)O)CC1. The molecule has 1 heterocycles. The summed E-state index contributed by atoms with van der Waals surface area (Å²) in [5, 5.41) is 8.35. The van der Waals surface area contributed by atoms with E-state index in [1.165, 1.54) is 0 Å². The summed E-state index contributed by atoms with van der Waals surface area (Å²) >= 11 is 0. The molecular formula is C9H15F2NO2. The molecule has 0 aromatic rings. The van der Waals surface area contributed by atoms with Gasteiger partial charge in [-0.1, -0.05) is 6.92 Å². The average molecular weight is 207 g/mol. The second-order valence-electron chi connectivity index (χ2n) is 3.64. The zero-order chi connectivity index (χ0) is 10.8. The van der Waals surface area contributed by atoms with Gasteiger partial charge in [-0.15, -0.1) is 0 Å². The highest BCUT2D eigenvalue weighted by atomic mass is 19.3. The summed E-state index contributed by atoms with van der Waals surface area (Å²) in [5.41, 5.74) is 0. The maximum Gasteiger partial charge on any atom is 0.374 e. The summed E-state index contributed by atoms with van der Waals surface area (Å²) in [6.45, 7) is 3.95. The Kier molecular flexibility index (Phi) is 3.42. The minimum atomic E-state index is -3.56. The van der Waals surface area contributed by atoms with E-state index in [1.54, 1.807) is 0 Å². The number of hydrogen-bond acceptors (Lipinski definition) is 2. The molecule has 0 amide bonds. The standard InChI is InChI=1S/C9H15F2NO2/c1-2-12-5-3-7(4-6-12)9(10,11)8(13)14/h7H,2-6H2,1H3,(H,13,14). The van der Waals surface area contributed by atoms with Crippen molar-refractivity contribution in [1.82, 2.24) is 4.90 Å². The lowest BCUT2D eigenvalue weighted by Gasteiger charge is -2.33. The zero-order valence-corrected chi connectivity index (χ0v) is 8.17. The number of alkyl halides is 2. The summed E-state index contributed by atoms with van der Waals surface area (Å²) in [6.07, 6.45) is 0.542. The van der Waals surface area contributed by atoms with Crippen LogP contribution in [0.1, 0.15) is 19.8 Å². The fourth-order valence-corrected chi connectivity index (χ4v) is 1.79. The predicted molar refractivity (Wildman–Crippen MR) is 47.4 cm³/mol. The van der Waals surface area contributed by atoms with Crippen molar-refractivity contribution in [2.24, 2.45) is 5.92 Å². The molecule has 0 atom stereocenters. The third-order valence-corrected chi connectivity index (χ3v) is 2.83. The molecule has 1 aliphatic heterocycles. The zero-order valence-electron chi connectivity index (χ0n) is 8.17. The topological polar surface area (TPSA) is 40.5 Å². The van der Waals surface area contributed by atoms with Gasteiger partial charge in [0.05, 0.1) is 0 Å². The van der Waals surface area contributed by atoms with Crippen LogP contribution in [0, 0.1) is 5.92 Å². The molecule has 0 unspecified atom stereocenters. The lowest BCUT2D eigenvalue weighted by molar-refractivity contribution is -0.176. The first kappa shape index (κ1) is 11.4. The van der Waals surface area contributed by atoms with Gasteiger partial charge >= 0.3 is 11.9 Å². The van der Waals surface area contributed by atoms with E-state index in [-0.39, 0.29) is 12.8 Å². The maximum atomic E-state index is 13.0. The Labute approximate surface area is 81.7 Å². The minimum absolute atomic E-state index is 0.271. The molecular weight excluding hydrogens is 192 g/mol. The second-order valence-corrected chi connectivity index (χ2v) is 3.64. The molecule has 0 saturated carbocycles. The van der Waals surface area contributed by atoms with Crippen molar-refractivity contribution in [3.63, 3.8) is 0 Å². The summed E-state index contributed by atoms with van der Waals surface area (Å²) in [5.74, 6) is -6.55. The third kappa shape index (κ3) is 2.20. The average Bonchev–Trinajstić information content (AvgIpc) is 2.17. The number of aliphatic carboxylic acids is 1. The van der Waals surface area contributed by atoms with Crippen LogP contribution >= 0.6 is 0 Å². The summed E-state index contributed by atoms with van der Waals surface area (Å²) < 4.78 is 26.1. The molecule has 1 saturated heterocycles. The fourth-order valence-electron chi connectivity index (χ4n) is 1.79. The fraction of sp³-hybridized carbons (Fsp3) is 0.889. The Bertz CT molecular complexity index is 213. The van der Waals surface area contributed by atoms with Gasteiger partial charge in [-0.2, -0.15) is 8.78 Å². The number of rotatable bonds is 3. The maximum absolute atomic E-state index is 13.0. The quantitative estimate of drug-likeness (QED) is 0.761. The van der Waals surface area contributed by atoms with Gasteiger partial charge in [0.1, 0.15) is 0 Å². The van der Waals surface area contributed by atoms with Crippen molar-refractivity contribution < 1.29 is 18.7 Å². The van der Waals surface area contributed by atoms with Crippen molar-refractivity contribution in [3.8, 4) is 0 Å². The van der Waals surface area contributed by atoms with Crippen molar-refractivity contribution in [3.05, 3.63) is 0 Å². The van der Waals surface area contributed by atoms with Crippen LogP contribution in [0.25, 0.3) is 0 Å². The van der Waals surface area contributed by atoms with E-state index in [0.717, 1.165) is 6.54 Å². The first-order valence-corrected chi connectivity index (χ1v) is 4.82. The number of piperidine rings is 1. The molecule has 0 aromatic heterocycles. The number of carbonyl (C=O) groups is 1. The molecule has 0 bridgehead atoms. The lowest BCUT2D eigenvalue weighted by atomic mass is 9.90. The summed E-state index contributed by atoms with van der Waals surface area (Å²) in [4.78, 5) is 12.4. The summed E-state index contributed by atoms with van der Waals surface area (Å²) in [6, 6.07) is 0. The van der Waals surface area contributed by atoms with Crippen LogP contribution in [0.15, 0.2) is 0 Å². The van der Waals surface area contributed by atoms with Gasteiger partial charge in [-0.25, -0.2) is 4.79 Å². The number of carboxylic acid groups (broad SMARTS) is 1. The van der Waals surface area contributed by atoms with E-state index < -0.39 is 17.8 Å². The molecule has 3 nitrogen and oxygen atoms in total. The second kappa shape index (κ2) is 4.21. The van der Waals surface area contributed by atoms with Gasteiger partial charge < -0.3 is 10.0 Å². The van der Waals surface area contributed by atoms with Gasteiger partial charge in [0, 0.05) is 5.92 Å². The van der Waals surface area contributed by atoms with Crippen LogP contribution in [0.5, 0.6) is 0 Å². The van der Waals surface area contributed by atoms with Crippen molar-refractivity contribution in [2.45, 2.75) is 25.7 Å². The molecule has 0 aromatic carbocycles. The molecule has 82 valence electrons. The molecule has 5 heteroatoms.